The van der Waals surface area contributed by atoms with Crippen LogP contribution in [0.3, 0.4) is 0 Å². The molecular weight excluding hydrogens is 590 g/mol. The molecule has 0 amide bonds. The summed E-state index contributed by atoms with van der Waals surface area (Å²) in [7, 11) is 0.583. The number of ether oxygens (including phenoxy) is 1. The van der Waals surface area contributed by atoms with Crippen LogP contribution in [-0.2, 0) is 14.6 Å². The second kappa shape index (κ2) is 23.6. The number of halogens is 6. The van der Waals surface area contributed by atoms with Crippen molar-refractivity contribution in [1.29, 1.82) is 0 Å². The van der Waals surface area contributed by atoms with Gasteiger partial charge in [-0.25, -0.2) is 8.42 Å². The standard InChI is InChI=1S/C12H18.C5H6F6.C5H12.C3H8.C2H6O2S.C2H6O.4CH4/c1-7-5-8(2)12-10-4-3-9(6-10)11(7)12;1-3(2,4(6,7)8)5(9,10)11;1-5(2,3)4;1-3-2;1-5(2,3)4;1-3-2;;;;/h3-4,7-12H,5-6H2,1-2H3;1-2H3;1-4H3;3H2,1-2H3;1-2H3;1-2H3;4*1H4. The van der Waals surface area contributed by atoms with Crippen LogP contribution >= 0.6 is 0 Å². The van der Waals surface area contributed by atoms with Gasteiger partial charge >= 0.3 is 12.4 Å². The monoisotopic (exact) mass is 663 g/mol. The van der Waals surface area contributed by atoms with E-state index >= 15 is 0 Å². The minimum absolute atomic E-state index is 0. The summed E-state index contributed by atoms with van der Waals surface area (Å²) in [5, 5.41) is 0. The highest BCUT2D eigenvalue weighted by Crippen LogP contribution is 2.59. The van der Waals surface area contributed by atoms with Crippen molar-refractivity contribution in [2.75, 3.05) is 26.7 Å². The van der Waals surface area contributed by atoms with Crippen LogP contribution in [0.25, 0.3) is 0 Å². The van der Waals surface area contributed by atoms with Gasteiger partial charge in [0.15, 0.2) is 5.41 Å². The van der Waals surface area contributed by atoms with E-state index in [0.29, 0.717) is 5.41 Å². The average Bonchev–Trinajstić information content (AvgIpc) is 3.34. The molecule has 0 saturated heterocycles. The highest BCUT2D eigenvalue weighted by atomic mass is 32.2. The summed E-state index contributed by atoms with van der Waals surface area (Å²) in [6.07, 6.45) is 1.06. The Morgan fingerprint density at radius 3 is 1.00 bits per heavy atom. The van der Waals surface area contributed by atoms with E-state index in [-0.39, 0.29) is 43.6 Å². The van der Waals surface area contributed by atoms with E-state index in [0.717, 1.165) is 48.0 Å². The smallest absolute Gasteiger partial charge is 0.388 e. The molecule has 3 aliphatic carbocycles. The molecule has 0 aromatic rings. The number of hydrogen-bond donors (Lipinski definition) is 0. The average molecular weight is 663 g/mol. The maximum absolute atomic E-state index is 11.6. The molecule has 0 N–H and O–H groups in total. The van der Waals surface area contributed by atoms with Gasteiger partial charge in [0.05, 0.1) is 0 Å². The Hall–Kier alpha value is -0.770. The van der Waals surface area contributed by atoms with Gasteiger partial charge < -0.3 is 4.74 Å². The summed E-state index contributed by atoms with van der Waals surface area (Å²) in [4.78, 5) is 0. The maximum atomic E-state index is 11.6. The van der Waals surface area contributed by atoms with Crippen LogP contribution in [0.2, 0.25) is 0 Å². The SMILES string of the molecule is C.C.C.C.CC(C)(C(F)(F)F)C(F)(F)F.CC(C)(C)C.CC1CC(C)C2C3C=CC(C3)C12.CCC.COC.CS(C)(=O)=O. The molecule has 0 heterocycles. The van der Waals surface area contributed by atoms with Crippen LogP contribution in [0, 0.1) is 46.3 Å². The van der Waals surface area contributed by atoms with E-state index in [9.17, 15) is 34.8 Å². The van der Waals surface area contributed by atoms with Crippen molar-refractivity contribution in [3.63, 3.8) is 0 Å². The number of rotatable bonds is 0. The van der Waals surface area contributed by atoms with Gasteiger partial charge in [-0.05, 0) is 67.6 Å². The Morgan fingerprint density at radius 1 is 0.674 bits per heavy atom. The van der Waals surface area contributed by atoms with Gasteiger partial charge in [-0.1, -0.05) is 104 Å². The highest BCUT2D eigenvalue weighted by Gasteiger charge is 2.64. The second-order valence-electron chi connectivity index (χ2n) is 13.2. The van der Waals surface area contributed by atoms with E-state index in [1.807, 2.05) is 0 Å². The Labute approximate surface area is 264 Å². The zero-order valence-corrected chi connectivity index (χ0v) is 27.5. The minimum atomic E-state index is -5.24. The molecule has 10 heteroatoms. The van der Waals surface area contributed by atoms with E-state index < -0.39 is 27.6 Å². The molecule has 3 rings (SSSR count). The molecule has 0 aromatic carbocycles. The number of alkyl halides is 6. The van der Waals surface area contributed by atoms with Crippen LogP contribution in [0.1, 0.15) is 118 Å². The molecule has 3 aliphatic rings. The molecule has 2 bridgehead atoms. The summed E-state index contributed by atoms with van der Waals surface area (Å²) in [6, 6.07) is 0. The third-order valence-corrected chi connectivity index (χ3v) is 6.06. The maximum Gasteiger partial charge on any atom is 0.402 e. The first-order valence-electron chi connectivity index (χ1n) is 13.5. The number of methoxy groups -OCH3 is 1. The molecular formula is C33H72F6O3S. The molecule has 2 fully saturated rings. The van der Waals surface area contributed by atoms with Crippen LogP contribution in [0.5, 0.6) is 0 Å². The number of sulfone groups is 1. The fourth-order valence-electron chi connectivity index (χ4n) is 4.56. The van der Waals surface area contributed by atoms with E-state index in [1.165, 1.54) is 19.3 Å². The lowest BCUT2D eigenvalue weighted by molar-refractivity contribution is -0.327. The van der Waals surface area contributed by atoms with Crippen LogP contribution < -0.4 is 0 Å². The summed E-state index contributed by atoms with van der Waals surface area (Å²) < 4.78 is 93.2. The molecule has 0 aromatic heterocycles. The van der Waals surface area contributed by atoms with Gasteiger partial charge in [0.25, 0.3) is 0 Å². The van der Waals surface area contributed by atoms with Crippen LogP contribution in [0.15, 0.2) is 12.2 Å². The first-order valence-corrected chi connectivity index (χ1v) is 15.8. The predicted molar refractivity (Wildman–Crippen MR) is 178 cm³/mol. The number of hydrogen-bond acceptors (Lipinski definition) is 3. The van der Waals surface area contributed by atoms with Crippen molar-refractivity contribution in [3.05, 3.63) is 12.2 Å². The van der Waals surface area contributed by atoms with Crippen LogP contribution in [-0.4, -0.2) is 47.5 Å². The van der Waals surface area contributed by atoms with Crippen molar-refractivity contribution < 1.29 is 39.5 Å². The highest BCUT2D eigenvalue weighted by molar-refractivity contribution is 7.89. The summed E-state index contributed by atoms with van der Waals surface area (Å²) in [5.74, 6) is 6.08. The van der Waals surface area contributed by atoms with Crippen molar-refractivity contribution in [1.82, 2.24) is 0 Å². The Kier molecular flexibility index (Phi) is 31.7. The first-order chi connectivity index (χ1) is 17.1. The van der Waals surface area contributed by atoms with Gasteiger partial charge in [-0.3, -0.25) is 0 Å². The predicted octanol–water partition coefficient (Wildman–Crippen LogP) is 12.2. The normalized spacial score (nSPS) is 24.6. The van der Waals surface area contributed by atoms with Crippen molar-refractivity contribution >= 4 is 9.84 Å². The number of fused-ring (bicyclic) bond motifs is 5. The van der Waals surface area contributed by atoms with Crippen LogP contribution in [0.4, 0.5) is 26.3 Å². The van der Waals surface area contributed by atoms with Gasteiger partial charge in [0, 0.05) is 26.7 Å². The summed E-state index contributed by atoms with van der Waals surface area (Å²) in [5.41, 5.74) is -3.12. The van der Waals surface area contributed by atoms with Crippen molar-refractivity contribution in [2.45, 2.75) is 131 Å². The quantitative estimate of drug-likeness (QED) is 0.191. The molecule has 270 valence electrons. The third kappa shape index (κ3) is 25.1. The lowest BCUT2D eigenvalue weighted by atomic mass is 9.80. The van der Waals surface area contributed by atoms with E-state index in [2.05, 4.69) is 72.3 Å². The fraction of sp³-hybridized carbons (Fsp3) is 0.939. The Bertz CT molecular complexity index is 728. The number of allylic oxidation sites excluding steroid dienone is 2. The zero-order chi connectivity index (χ0) is 32.2. The minimum Gasteiger partial charge on any atom is -0.388 e. The first kappa shape index (κ1) is 57.8. The lowest BCUT2D eigenvalue weighted by Crippen LogP contribution is -2.44. The Morgan fingerprint density at radius 2 is 0.860 bits per heavy atom. The zero-order valence-electron chi connectivity index (χ0n) is 26.6. The molecule has 6 atom stereocenters. The molecule has 2 saturated carbocycles. The topological polar surface area (TPSA) is 43.4 Å². The molecule has 0 spiro atoms. The van der Waals surface area contributed by atoms with Gasteiger partial charge in [0.1, 0.15) is 9.84 Å². The fourth-order valence-corrected chi connectivity index (χ4v) is 4.56. The second-order valence-corrected chi connectivity index (χ2v) is 15.5. The van der Waals surface area contributed by atoms with Crippen molar-refractivity contribution in [3.8, 4) is 0 Å². The van der Waals surface area contributed by atoms with E-state index in [4.69, 9.17) is 0 Å². The molecule has 0 aliphatic heterocycles. The van der Waals surface area contributed by atoms with Gasteiger partial charge in [-0.2, -0.15) is 26.3 Å². The lowest BCUT2D eigenvalue weighted by Gasteiger charge is -2.29. The van der Waals surface area contributed by atoms with Gasteiger partial charge in [0.2, 0.25) is 0 Å². The van der Waals surface area contributed by atoms with E-state index in [1.54, 1.807) is 14.2 Å². The molecule has 43 heavy (non-hydrogen) atoms. The van der Waals surface area contributed by atoms with Crippen molar-refractivity contribution in [2.24, 2.45) is 46.3 Å². The van der Waals surface area contributed by atoms with Gasteiger partial charge in [-0.15, -0.1) is 0 Å². The Balaban J connectivity index is -0.0000000774. The molecule has 3 nitrogen and oxygen atoms in total. The largest absolute Gasteiger partial charge is 0.402 e. The summed E-state index contributed by atoms with van der Waals surface area (Å²) in [6.45, 7) is 18.1. The molecule has 6 unspecified atom stereocenters. The summed E-state index contributed by atoms with van der Waals surface area (Å²) >= 11 is 0. The molecule has 0 radical (unpaired) electrons. The third-order valence-electron chi connectivity index (χ3n) is 6.06.